The lowest BCUT2D eigenvalue weighted by atomic mass is 10.00. The Morgan fingerprint density at radius 3 is 2.60 bits per heavy atom. The zero-order valence-electron chi connectivity index (χ0n) is 11.8. The molecule has 2 heterocycles. The molecule has 0 saturated heterocycles. The summed E-state index contributed by atoms with van der Waals surface area (Å²) < 4.78 is 1.97. The molecule has 98 valence electrons. The molecule has 0 spiro atoms. The van der Waals surface area contributed by atoms with Crippen molar-refractivity contribution in [3.05, 3.63) is 53.3 Å². The topological polar surface area (TPSA) is 30.2 Å². The lowest BCUT2D eigenvalue weighted by molar-refractivity contribution is 0.967. The second kappa shape index (κ2) is 3.79. The number of aromatic nitrogens is 3. The van der Waals surface area contributed by atoms with Gasteiger partial charge in [0.15, 0.2) is 5.65 Å². The molecule has 2 aromatic carbocycles. The van der Waals surface area contributed by atoms with Gasteiger partial charge in [-0.2, -0.15) is 5.10 Å². The molecule has 0 saturated carbocycles. The molecule has 0 fully saturated rings. The van der Waals surface area contributed by atoms with Crippen molar-refractivity contribution in [1.29, 1.82) is 0 Å². The average Bonchev–Trinajstić information content (AvgIpc) is 2.80. The van der Waals surface area contributed by atoms with Crippen LogP contribution in [-0.4, -0.2) is 14.6 Å². The maximum Gasteiger partial charge on any atom is 0.164 e. The lowest BCUT2D eigenvalue weighted by Gasteiger charge is -2.10. The normalized spacial score (nSPS) is 11.8. The second-order valence-corrected chi connectivity index (χ2v) is 5.42. The summed E-state index contributed by atoms with van der Waals surface area (Å²) >= 11 is 0. The molecule has 0 aliphatic rings. The summed E-state index contributed by atoms with van der Waals surface area (Å²) in [4.78, 5) is 4.63. The van der Waals surface area contributed by atoms with Crippen LogP contribution in [0.25, 0.3) is 27.3 Å². The molecule has 0 aliphatic carbocycles. The van der Waals surface area contributed by atoms with Crippen LogP contribution in [-0.2, 0) is 0 Å². The summed E-state index contributed by atoms with van der Waals surface area (Å²) in [5.74, 6) is 0.808. The Morgan fingerprint density at radius 1 is 0.950 bits per heavy atom. The largest absolute Gasteiger partial charge is 0.212 e. The van der Waals surface area contributed by atoms with Crippen molar-refractivity contribution in [2.24, 2.45) is 0 Å². The number of benzene rings is 2. The first-order valence-electron chi connectivity index (χ1n) is 6.80. The van der Waals surface area contributed by atoms with Gasteiger partial charge in [-0.3, -0.25) is 0 Å². The highest BCUT2D eigenvalue weighted by Gasteiger charge is 2.13. The molecule has 4 rings (SSSR count). The lowest BCUT2D eigenvalue weighted by Crippen LogP contribution is -1.95. The molecule has 0 N–H and O–H groups in total. The fourth-order valence-corrected chi connectivity index (χ4v) is 3.11. The first kappa shape index (κ1) is 11.4. The summed E-state index contributed by atoms with van der Waals surface area (Å²) in [6, 6.07) is 12.8. The highest BCUT2D eigenvalue weighted by atomic mass is 15.3. The Balaban J connectivity index is 2.45. The molecular weight excluding hydrogens is 246 g/mol. The van der Waals surface area contributed by atoms with E-state index in [1.165, 1.54) is 27.3 Å². The molecular formula is C17H15N3. The van der Waals surface area contributed by atoms with Crippen LogP contribution < -0.4 is 0 Å². The van der Waals surface area contributed by atoms with E-state index < -0.39 is 0 Å². The second-order valence-electron chi connectivity index (χ2n) is 5.42. The minimum atomic E-state index is 0.808. The summed E-state index contributed by atoms with van der Waals surface area (Å²) in [7, 11) is 0. The number of hydrogen-bond donors (Lipinski definition) is 0. The zero-order chi connectivity index (χ0) is 13.9. The standard InChI is InChI=1S/C17H15N3/c1-10-8-11(2)16-14(9-10)13-6-4-5-7-15(13)20-17(16)18-12(3)19-20/h4-9H,1-3H3. The Bertz CT molecular complexity index is 980. The van der Waals surface area contributed by atoms with E-state index in [2.05, 4.69) is 54.3 Å². The van der Waals surface area contributed by atoms with E-state index in [4.69, 9.17) is 0 Å². The third-order valence-corrected chi connectivity index (χ3v) is 3.84. The van der Waals surface area contributed by atoms with Gasteiger partial charge in [0.2, 0.25) is 0 Å². The van der Waals surface area contributed by atoms with Crippen LogP contribution >= 0.6 is 0 Å². The predicted octanol–water partition coefficient (Wildman–Crippen LogP) is 3.96. The summed E-state index contributed by atoms with van der Waals surface area (Å²) in [5, 5.41) is 8.25. The maximum absolute atomic E-state index is 4.63. The molecule has 0 amide bonds. The number of rotatable bonds is 0. The van der Waals surface area contributed by atoms with Gasteiger partial charge in [-0.25, -0.2) is 9.50 Å². The summed E-state index contributed by atoms with van der Waals surface area (Å²) in [6.07, 6.45) is 0. The molecule has 0 bridgehead atoms. The van der Waals surface area contributed by atoms with Crippen molar-refractivity contribution >= 4 is 27.3 Å². The zero-order valence-corrected chi connectivity index (χ0v) is 11.8. The van der Waals surface area contributed by atoms with Gasteiger partial charge in [0.1, 0.15) is 5.82 Å². The highest BCUT2D eigenvalue weighted by molar-refractivity contribution is 6.12. The predicted molar refractivity (Wildman–Crippen MR) is 82.2 cm³/mol. The van der Waals surface area contributed by atoms with E-state index in [-0.39, 0.29) is 0 Å². The quantitative estimate of drug-likeness (QED) is 0.448. The monoisotopic (exact) mass is 261 g/mol. The molecule has 2 aromatic heterocycles. The number of nitrogens with zero attached hydrogens (tertiary/aromatic N) is 3. The average molecular weight is 261 g/mol. The van der Waals surface area contributed by atoms with E-state index in [1.54, 1.807) is 0 Å². The molecule has 0 atom stereocenters. The van der Waals surface area contributed by atoms with Gasteiger partial charge in [0, 0.05) is 10.8 Å². The Kier molecular flexibility index (Phi) is 2.16. The van der Waals surface area contributed by atoms with Crippen LogP contribution in [0.15, 0.2) is 36.4 Å². The fraction of sp³-hybridized carbons (Fsp3) is 0.176. The Morgan fingerprint density at radius 2 is 1.75 bits per heavy atom. The third-order valence-electron chi connectivity index (χ3n) is 3.84. The van der Waals surface area contributed by atoms with Crippen LogP contribution in [0.5, 0.6) is 0 Å². The molecule has 20 heavy (non-hydrogen) atoms. The number of pyridine rings is 1. The van der Waals surface area contributed by atoms with Crippen LogP contribution in [0, 0.1) is 20.8 Å². The van der Waals surface area contributed by atoms with Gasteiger partial charge >= 0.3 is 0 Å². The third kappa shape index (κ3) is 1.40. The van der Waals surface area contributed by atoms with Gasteiger partial charge in [-0.05, 0) is 37.8 Å². The van der Waals surface area contributed by atoms with Crippen LogP contribution in [0.2, 0.25) is 0 Å². The molecule has 0 unspecified atom stereocenters. The van der Waals surface area contributed by atoms with Gasteiger partial charge in [-0.1, -0.05) is 35.9 Å². The van der Waals surface area contributed by atoms with Crippen molar-refractivity contribution in [3.63, 3.8) is 0 Å². The van der Waals surface area contributed by atoms with Crippen LogP contribution in [0.4, 0.5) is 0 Å². The van der Waals surface area contributed by atoms with E-state index >= 15 is 0 Å². The maximum atomic E-state index is 4.63. The van der Waals surface area contributed by atoms with Crippen LogP contribution in [0.1, 0.15) is 17.0 Å². The highest BCUT2D eigenvalue weighted by Crippen LogP contribution is 2.31. The van der Waals surface area contributed by atoms with Crippen molar-refractivity contribution < 1.29 is 0 Å². The summed E-state index contributed by atoms with van der Waals surface area (Å²) in [5.41, 5.74) is 4.60. The molecule has 4 aromatic rings. The molecule has 3 heteroatoms. The molecule has 0 radical (unpaired) electrons. The van der Waals surface area contributed by atoms with Crippen molar-refractivity contribution in [2.45, 2.75) is 20.8 Å². The van der Waals surface area contributed by atoms with E-state index in [0.717, 1.165) is 17.0 Å². The SMILES string of the molecule is Cc1cc(C)c2c(c1)c1ccccc1n1nc(C)nc21. The number of para-hydroxylation sites is 1. The van der Waals surface area contributed by atoms with Gasteiger partial charge in [0.05, 0.1) is 5.52 Å². The van der Waals surface area contributed by atoms with Gasteiger partial charge < -0.3 is 0 Å². The number of fused-ring (bicyclic) bond motifs is 6. The van der Waals surface area contributed by atoms with Crippen molar-refractivity contribution in [2.75, 3.05) is 0 Å². The van der Waals surface area contributed by atoms with Crippen molar-refractivity contribution in [3.8, 4) is 0 Å². The van der Waals surface area contributed by atoms with E-state index in [9.17, 15) is 0 Å². The van der Waals surface area contributed by atoms with E-state index in [1.807, 2.05) is 17.5 Å². The fourth-order valence-electron chi connectivity index (χ4n) is 3.11. The number of hydrogen-bond acceptors (Lipinski definition) is 2. The van der Waals surface area contributed by atoms with Crippen LogP contribution in [0.3, 0.4) is 0 Å². The summed E-state index contributed by atoms with van der Waals surface area (Å²) in [6.45, 7) is 6.23. The minimum Gasteiger partial charge on any atom is -0.212 e. The van der Waals surface area contributed by atoms with Crippen molar-refractivity contribution in [1.82, 2.24) is 14.6 Å². The van der Waals surface area contributed by atoms with Gasteiger partial charge in [0.25, 0.3) is 0 Å². The Labute approximate surface area is 116 Å². The van der Waals surface area contributed by atoms with Gasteiger partial charge in [-0.15, -0.1) is 0 Å². The van der Waals surface area contributed by atoms with E-state index in [0.29, 0.717) is 0 Å². The molecule has 0 aliphatic heterocycles. The Hall–Kier alpha value is -2.42. The number of aryl methyl sites for hydroxylation is 3. The molecule has 3 nitrogen and oxygen atoms in total. The first-order valence-corrected chi connectivity index (χ1v) is 6.80. The first-order chi connectivity index (χ1) is 9.65. The smallest absolute Gasteiger partial charge is 0.164 e. The minimum absolute atomic E-state index is 0.808.